The minimum Gasteiger partial charge on any atom is -0.360 e. The molecule has 0 unspecified atom stereocenters. The lowest BCUT2D eigenvalue weighted by molar-refractivity contribution is -0.116. The van der Waals surface area contributed by atoms with Gasteiger partial charge in [-0.15, -0.1) is 10.2 Å². The topological polar surface area (TPSA) is 58.1 Å². The molecule has 0 radical (unpaired) electrons. The summed E-state index contributed by atoms with van der Waals surface area (Å²) in [6.07, 6.45) is 0.927. The third-order valence-corrected chi connectivity index (χ3v) is 5.53. The molecule has 1 aromatic carbocycles. The highest BCUT2D eigenvalue weighted by molar-refractivity contribution is 8.01. The summed E-state index contributed by atoms with van der Waals surface area (Å²) in [5, 5.41) is 12.1. The monoisotopic (exact) mass is 334 g/mol. The number of nitrogens with one attached hydrogen (secondary N) is 1. The molecule has 0 spiro atoms. The van der Waals surface area contributed by atoms with Crippen LogP contribution in [0.25, 0.3) is 0 Å². The van der Waals surface area contributed by atoms with E-state index in [2.05, 4.69) is 28.5 Å². The highest BCUT2D eigenvalue weighted by Crippen LogP contribution is 2.33. The Kier molecular flexibility index (Phi) is 4.63. The molecule has 1 amide bonds. The van der Waals surface area contributed by atoms with Crippen molar-refractivity contribution in [3.8, 4) is 0 Å². The van der Waals surface area contributed by atoms with Gasteiger partial charge in [0.15, 0.2) is 4.34 Å². The number of thioether (sulfide) groups is 1. The molecule has 1 aliphatic heterocycles. The summed E-state index contributed by atoms with van der Waals surface area (Å²) in [5.74, 6) is 0.516. The fraction of sp³-hybridized carbons (Fsp3) is 0.400. The number of nitrogens with zero attached hydrogens (tertiary/aromatic N) is 3. The molecule has 5 nitrogen and oxygen atoms in total. The molecule has 1 atom stereocenters. The van der Waals surface area contributed by atoms with Crippen LogP contribution in [0.1, 0.15) is 19.4 Å². The van der Waals surface area contributed by atoms with Gasteiger partial charge in [0.25, 0.3) is 0 Å². The van der Waals surface area contributed by atoms with Gasteiger partial charge in [-0.1, -0.05) is 41.3 Å². The van der Waals surface area contributed by atoms with E-state index in [0.717, 1.165) is 28.1 Å². The number of benzene rings is 1. The molecule has 1 N–H and O–H groups in total. The highest BCUT2D eigenvalue weighted by atomic mass is 32.2. The molecule has 116 valence electrons. The smallest absolute Gasteiger partial charge is 0.237 e. The quantitative estimate of drug-likeness (QED) is 0.852. The molecule has 0 saturated carbocycles. The summed E-state index contributed by atoms with van der Waals surface area (Å²) in [4.78, 5) is 14.5. The summed E-state index contributed by atoms with van der Waals surface area (Å²) < 4.78 is 0.824. The van der Waals surface area contributed by atoms with Crippen molar-refractivity contribution in [3.63, 3.8) is 0 Å². The first-order chi connectivity index (χ1) is 10.7. The molecule has 7 heteroatoms. The summed E-state index contributed by atoms with van der Waals surface area (Å²) in [6, 6.07) is 8.35. The van der Waals surface area contributed by atoms with Crippen molar-refractivity contribution < 1.29 is 4.79 Å². The molecular formula is C15H18N4OS2. The lowest BCUT2D eigenvalue weighted by Gasteiger charge is -2.22. The SMILES string of the molecule is CCNc1nnc(SCC(=O)N2c3ccccc3C[C@H]2C)s1. The maximum Gasteiger partial charge on any atom is 0.237 e. The molecule has 1 aliphatic rings. The first-order valence-electron chi connectivity index (χ1n) is 7.29. The number of carbonyl (C=O) groups excluding carboxylic acids is 1. The maximum absolute atomic E-state index is 12.6. The number of hydrogen-bond acceptors (Lipinski definition) is 6. The number of anilines is 2. The van der Waals surface area contributed by atoms with E-state index >= 15 is 0 Å². The standard InChI is InChI=1S/C15H18N4OS2/c1-3-16-14-17-18-15(22-14)21-9-13(20)19-10(2)8-11-6-4-5-7-12(11)19/h4-7,10H,3,8-9H2,1-2H3,(H,16,17)/t10-/m1/s1. The zero-order chi connectivity index (χ0) is 15.5. The van der Waals surface area contributed by atoms with E-state index < -0.39 is 0 Å². The van der Waals surface area contributed by atoms with Crippen LogP contribution in [0.5, 0.6) is 0 Å². The van der Waals surface area contributed by atoms with Crippen LogP contribution in [0.4, 0.5) is 10.8 Å². The average Bonchev–Trinajstić information content (AvgIpc) is 3.08. The molecule has 2 aromatic rings. The zero-order valence-electron chi connectivity index (χ0n) is 12.6. The molecule has 0 aliphatic carbocycles. The van der Waals surface area contributed by atoms with Crippen molar-refractivity contribution in [1.29, 1.82) is 0 Å². The largest absolute Gasteiger partial charge is 0.360 e. The Hall–Kier alpha value is -1.60. The minimum atomic E-state index is 0.127. The fourth-order valence-electron chi connectivity index (χ4n) is 2.63. The number of para-hydroxylation sites is 1. The van der Waals surface area contributed by atoms with Crippen molar-refractivity contribution in [2.24, 2.45) is 0 Å². The second kappa shape index (κ2) is 6.66. The molecule has 0 bridgehead atoms. The van der Waals surface area contributed by atoms with E-state index in [4.69, 9.17) is 0 Å². The Morgan fingerprint density at radius 1 is 1.45 bits per heavy atom. The second-order valence-corrected chi connectivity index (χ2v) is 7.34. The van der Waals surface area contributed by atoms with Gasteiger partial charge in [0.1, 0.15) is 0 Å². The fourth-order valence-corrected chi connectivity index (χ4v) is 4.31. The van der Waals surface area contributed by atoms with Crippen molar-refractivity contribution in [2.75, 3.05) is 22.5 Å². The summed E-state index contributed by atoms with van der Waals surface area (Å²) in [6.45, 7) is 4.93. The first-order valence-corrected chi connectivity index (χ1v) is 9.09. The van der Waals surface area contributed by atoms with Gasteiger partial charge >= 0.3 is 0 Å². The van der Waals surface area contributed by atoms with E-state index in [9.17, 15) is 4.79 Å². The van der Waals surface area contributed by atoms with Crippen molar-refractivity contribution >= 4 is 39.8 Å². The van der Waals surface area contributed by atoms with Crippen LogP contribution in [0, 0.1) is 0 Å². The Morgan fingerprint density at radius 2 is 2.27 bits per heavy atom. The normalized spacial score (nSPS) is 16.6. The zero-order valence-corrected chi connectivity index (χ0v) is 14.2. The van der Waals surface area contributed by atoms with Crippen LogP contribution in [-0.2, 0) is 11.2 Å². The molecule has 3 rings (SSSR count). The molecule has 1 aromatic heterocycles. The van der Waals surface area contributed by atoms with Gasteiger partial charge in [-0.2, -0.15) is 0 Å². The number of rotatable bonds is 5. The lowest BCUT2D eigenvalue weighted by Crippen LogP contribution is -2.36. The van der Waals surface area contributed by atoms with E-state index in [-0.39, 0.29) is 11.9 Å². The maximum atomic E-state index is 12.6. The van der Waals surface area contributed by atoms with Crippen LogP contribution >= 0.6 is 23.1 Å². The van der Waals surface area contributed by atoms with Crippen molar-refractivity contribution in [1.82, 2.24) is 10.2 Å². The summed E-state index contributed by atoms with van der Waals surface area (Å²) in [7, 11) is 0. The Bertz CT molecular complexity index is 673. The van der Waals surface area contributed by atoms with Gasteiger partial charge in [0.05, 0.1) is 5.75 Å². The van der Waals surface area contributed by atoms with Crippen LogP contribution < -0.4 is 10.2 Å². The number of hydrogen-bond donors (Lipinski definition) is 1. The van der Waals surface area contributed by atoms with Gasteiger partial charge in [-0.25, -0.2) is 0 Å². The van der Waals surface area contributed by atoms with Crippen LogP contribution in [0.15, 0.2) is 28.6 Å². The predicted molar refractivity (Wildman–Crippen MR) is 91.9 cm³/mol. The van der Waals surface area contributed by atoms with E-state index in [0.29, 0.717) is 5.75 Å². The molecule has 22 heavy (non-hydrogen) atoms. The highest BCUT2D eigenvalue weighted by Gasteiger charge is 2.30. The Balaban J connectivity index is 1.64. The first kappa shape index (κ1) is 15.3. The minimum absolute atomic E-state index is 0.127. The predicted octanol–water partition coefficient (Wildman–Crippen LogP) is 3.04. The van der Waals surface area contributed by atoms with Crippen LogP contribution in [0.3, 0.4) is 0 Å². The van der Waals surface area contributed by atoms with Crippen LogP contribution in [-0.4, -0.2) is 34.4 Å². The number of amides is 1. The van der Waals surface area contributed by atoms with Gasteiger partial charge in [0, 0.05) is 18.3 Å². The molecule has 0 saturated heterocycles. The second-order valence-electron chi connectivity index (χ2n) is 5.14. The number of fused-ring (bicyclic) bond motifs is 1. The average molecular weight is 334 g/mol. The van der Waals surface area contributed by atoms with E-state index in [1.807, 2.05) is 30.0 Å². The van der Waals surface area contributed by atoms with E-state index in [1.54, 1.807) is 0 Å². The van der Waals surface area contributed by atoms with Gasteiger partial charge in [0.2, 0.25) is 11.0 Å². The van der Waals surface area contributed by atoms with Gasteiger partial charge in [-0.3, -0.25) is 4.79 Å². The van der Waals surface area contributed by atoms with Crippen molar-refractivity contribution in [2.45, 2.75) is 30.6 Å². The van der Waals surface area contributed by atoms with Gasteiger partial charge < -0.3 is 10.2 Å². The number of aromatic nitrogens is 2. The lowest BCUT2D eigenvalue weighted by atomic mass is 10.1. The van der Waals surface area contributed by atoms with Crippen molar-refractivity contribution in [3.05, 3.63) is 29.8 Å². The molecule has 0 fully saturated rings. The third-order valence-electron chi connectivity index (χ3n) is 3.53. The van der Waals surface area contributed by atoms with Crippen LogP contribution in [0.2, 0.25) is 0 Å². The van der Waals surface area contributed by atoms with Gasteiger partial charge in [-0.05, 0) is 31.9 Å². The molecule has 2 heterocycles. The third kappa shape index (κ3) is 3.10. The molecular weight excluding hydrogens is 316 g/mol. The Labute approximate surface area is 138 Å². The summed E-state index contributed by atoms with van der Waals surface area (Å²) >= 11 is 2.94. The number of carbonyl (C=O) groups is 1. The van der Waals surface area contributed by atoms with E-state index in [1.165, 1.54) is 28.7 Å². The summed E-state index contributed by atoms with van der Waals surface area (Å²) in [5.41, 5.74) is 2.30. The Morgan fingerprint density at radius 3 is 3.09 bits per heavy atom.